The van der Waals surface area contributed by atoms with E-state index in [4.69, 9.17) is 4.74 Å². The number of rotatable bonds is 7. The number of hydrogen-bond donors (Lipinski definition) is 0. The summed E-state index contributed by atoms with van der Waals surface area (Å²) in [6.45, 7) is 18.8. The Hall–Kier alpha value is -0.160. The SMILES string of the molecule is CN1CCN(C(C)(C)CCOCCN(C)C(C)(C)C)CC1. The number of likely N-dealkylation sites (N-methyl/N-ethyl adjacent to an activating group) is 2. The maximum atomic E-state index is 5.87. The largest absolute Gasteiger partial charge is 0.380 e. The van der Waals surface area contributed by atoms with Gasteiger partial charge < -0.3 is 9.64 Å². The average molecular weight is 300 g/mol. The third-order valence-corrected chi connectivity index (χ3v) is 4.93. The smallest absolute Gasteiger partial charge is 0.0593 e. The minimum Gasteiger partial charge on any atom is -0.380 e. The van der Waals surface area contributed by atoms with Gasteiger partial charge in [-0.2, -0.15) is 0 Å². The Bertz CT molecular complexity index is 291. The predicted molar refractivity (Wildman–Crippen MR) is 91.0 cm³/mol. The molecule has 0 aromatic carbocycles. The lowest BCUT2D eigenvalue weighted by Gasteiger charge is -2.43. The van der Waals surface area contributed by atoms with Crippen LogP contribution in [0.3, 0.4) is 0 Å². The first-order valence-corrected chi connectivity index (χ1v) is 8.35. The highest BCUT2D eigenvalue weighted by atomic mass is 16.5. The van der Waals surface area contributed by atoms with Gasteiger partial charge in [-0.05, 0) is 55.1 Å². The Balaban J connectivity index is 2.19. The van der Waals surface area contributed by atoms with Crippen molar-refractivity contribution in [2.24, 2.45) is 0 Å². The average Bonchev–Trinajstić information content (AvgIpc) is 2.37. The molecule has 4 heteroatoms. The molecule has 1 fully saturated rings. The molecule has 0 saturated carbocycles. The van der Waals surface area contributed by atoms with Crippen molar-refractivity contribution in [2.45, 2.75) is 52.1 Å². The lowest BCUT2D eigenvalue weighted by molar-refractivity contribution is 0.0222. The maximum absolute atomic E-state index is 5.87. The van der Waals surface area contributed by atoms with E-state index in [0.29, 0.717) is 0 Å². The van der Waals surface area contributed by atoms with Crippen molar-refractivity contribution in [1.29, 1.82) is 0 Å². The summed E-state index contributed by atoms with van der Waals surface area (Å²) in [5.41, 5.74) is 0.472. The normalized spacial score (nSPS) is 19.4. The van der Waals surface area contributed by atoms with E-state index in [9.17, 15) is 0 Å². The summed E-state index contributed by atoms with van der Waals surface area (Å²) in [5.74, 6) is 0. The molecule has 0 radical (unpaired) electrons. The van der Waals surface area contributed by atoms with E-state index in [1.807, 2.05) is 0 Å². The van der Waals surface area contributed by atoms with E-state index in [1.54, 1.807) is 0 Å². The van der Waals surface area contributed by atoms with Crippen molar-refractivity contribution in [3.8, 4) is 0 Å². The highest BCUT2D eigenvalue weighted by Crippen LogP contribution is 2.20. The quantitative estimate of drug-likeness (QED) is 0.671. The van der Waals surface area contributed by atoms with Gasteiger partial charge in [0.15, 0.2) is 0 Å². The van der Waals surface area contributed by atoms with Crippen LogP contribution in [0.2, 0.25) is 0 Å². The highest BCUT2D eigenvalue weighted by molar-refractivity contribution is 4.85. The molecule has 0 amide bonds. The molecule has 0 bridgehead atoms. The lowest BCUT2D eigenvalue weighted by Crippen LogP contribution is -2.54. The van der Waals surface area contributed by atoms with Crippen molar-refractivity contribution < 1.29 is 4.74 Å². The third-order valence-electron chi connectivity index (χ3n) is 4.93. The molecule has 126 valence electrons. The van der Waals surface area contributed by atoms with Gasteiger partial charge in [0.1, 0.15) is 0 Å². The Morgan fingerprint density at radius 3 is 2.05 bits per heavy atom. The molecule has 1 aliphatic heterocycles. The van der Waals surface area contributed by atoms with Gasteiger partial charge in [0, 0.05) is 50.4 Å². The van der Waals surface area contributed by atoms with Gasteiger partial charge in [0.25, 0.3) is 0 Å². The zero-order valence-corrected chi connectivity index (χ0v) is 15.4. The molecule has 0 N–H and O–H groups in total. The molecule has 1 saturated heterocycles. The maximum Gasteiger partial charge on any atom is 0.0593 e. The molecule has 1 aliphatic rings. The summed E-state index contributed by atoms with van der Waals surface area (Å²) in [5, 5.41) is 0. The second kappa shape index (κ2) is 7.91. The fourth-order valence-electron chi connectivity index (χ4n) is 2.53. The van der Waals surface area contributed by atoms with Crippen LogP contribution in [-0.2, 0) is 4.74 Å². The van der Waals surface area contributed by atoms with E-state index in [2.05, 4.69) is 63.4 Å². The predicted octanol–water partition coefficient (Wildman–Crippen LogP) is 2.15. The van der Waals surface area contributed by atoms with E-state index < -0.39 is 0 Å². The summed E-state index contributed by atoms with van der Waals surface area (Å²) in [4.78, 5) is 7.36. The topological polar surface area (TPSA) is 19.0 Å². The summed E-state index contributed by atoms with van der Waals surface area (Å²) in [6, 6.07) is 0. The lowest BCUT2D eigenvalue weighted by atomic mass is 9.97. The monoisotopic (exact) mass is 299 g/mol. The van der Waals surface area contributed by atoms with Gasteiger partial charge in [-0.25, -0.2) is 0 Å². The Morgan fingerprint density at radius 2 is 1.52 bits per heavy atom. The number of nitrogens with zero attached hydrogens (tertiary/aromatic N) is 3. The van der Waals surface area contributed by atoms with Crippen molar-refractivity contribution in [3.05, 3.63) is 0 Å². The van der Waals surface area contributed by atoms with Gasteiger partial charge in [0.2, 0.25) is 0 Å². The standard InChI is InChI=1S/C17H37N3O/c1-16(2,3)19(7)13-15-21-14-8-17(4,5)20-11-9-18(6)10-12-20/h8-15H2,1-7H3. The molecule has 0 aliphatic carbocycles. The summed E-state index contributed by atoms with van der Waals surface area (Å²) < 4.78 is 5.87. The molecular weight excluding hydrogens is 262 g/mol. The van der Waals surface area contributed by atoms with Crippen LogP contribution in [0.4, 0.5) is 0 Å². The van der Waals surface area contributed by atoms with Gasteiger partial charge in [-0.3, -0.25) is 9.80 Å². The molecule has 1 heterocycles. The third kappa shape index (κ3) is 6.64. The zero-order chi connectivity index (χ0) is 16.1. The van der Waals surface area contributed by atoms with E-state index >= 15 is 0 Å². The molecular formula is C17H37N3O. The van der Waals surface area contributed by atoms with Gasteiger partial charge in [-0.1, -0.05) is 0 Å². The van der Waals surface area contributed by atoms with Gasteiger partial charge >= 0.3 is 0 Å². The number of ether oxygens (including phenoxy) is 1. The fraction of sp³-hybridized carbons (Fsp3) is 1.00. The summed E-state index contributed by atoms with van der Waals surface area (Å²) >= 11 is 0. The van der Waals surface area contributed by atoms with Crippen molar-refractivity contribution in [3.63, 3.8) is 0 Å². The second-order valence-electron chi connectivity index (χ2n) is 8.06. The summed E-state index contributed by atoms with van der Waals surface area (Å²) in [7, 11) is 4.37. The van der Waals surface area contributed by atoms with Crippen LogP contribution >= 0.6 is 0 Å². The molecule has 4 nitrogen and oxygen atoms in total. The van der Waals surface area contributed by atoms with Gasteiger partial charge in [0.05, 0.1) is 6.61 Å². The second-order valence-corrected chi connectivity index (χ2v) is 8.06. The van der Waals surface area contributed by atoms with Crippen LogP contribution in [-0.4, -0.2) is 85.8 Å². The first kappa shape index (κ1) is 18.9. The van der Waals surface area contributed by atoms with E-state index in [1.165, 1.54) is 26.2 Å². The Labute approximate surface area is 132 Å². The van der Waals surface area contributed by atoms with Crippen molar-refractivity contribution >= 4 is 0 Å². The first-order chi connectivity index (χ1) is 9.63. The highest BCUT2D eigenvalue weighted by Gasteiger charge is 2.28. The van der Waals surface area contributed by atoms with Crippen LogP contribution in [0, 0.1) is 0 Å². The number of hydrogen-bond acceptors (Lipinski definition) is 4. The molecule has 0 aromatic rings. The summed E-state index contributed by atoms with van der Waals surface area (Å²) in [6.07, 6.45) is 1.11. The van der Waals surface area contributed by atoms with Gasteiger partial charge in [-0.15, -0.1) is 0 Å². The van der Waals surface area contributed by atoms with Crippen molar-refractivity contribution in [1.82, 2.24) is 14.7 Å². The van der Waals surface area contributed by atoms with E-state index in [0.717, 1.165) is 26.2 Å². The van der Waals surface area contributed by atoms with Crippen molar-refractivity contribution in [2.75, 3.05) is 60.0 Å². The minimum atomic E-state index is 0.225. The first-order valence-electron chi connectivity index (χ1n) is 8.35. The molecule has 0 spiro atoms. The molecule has 1 rings (SSSR count). The van der Waals surface area contributed by atoms with Crippen LogP contribution in [0.25, 0.3) is 0 Å². The molecule has 0 aromatic heterocycles. The van der Waals surface area contributed by atoms with Crippen LogP contribution in [0.15, 0.2) is 0 Å². The fourth-order valence-corrected chi connectivity index (χ4v) is 2.53. The number of piperazine rings is 1. The Morgan fingerprint density at radius 1 is 0.952 bits per heavy atom. The molecule has 0 atom stereocenters. The zero-order valence-electron chi connectivity index (χ0n) is 15.4. The van der Waals surface area contributed by atoms with Crippen LogP contribution in [0.1, 0.15) is 41.0 Å². The van der Waals surface area contributed by atoms with Crippen LogP contribution in [0.5, 0.6) is 0 Å². The minimum absolute atomic E-state index is 0.225. The Kier molecular flexibility index (Phi) is 7.11. The molecule has 0 unspecified atom stereocenters. The van der Waals surface area contributed by atoms with E-state index in [-0.39, 0.29) is 11.1 Å². The molecule has 21 heavy (non-hydrogen) atoms. The van der Waals surface area contributed by atoms with Crippen LogP contribution < -0.4 is 0 Å².